The summed E-state index contributed by atoms with van der Waals surface area (Å²) in [6, 6.07) is 1.09. The van der Waals surface area contributed by atoms with Gasteiger partial charge in [0, 0.05) is 6.20 Å². The van der Waals surface area contributed by atoms with Gasteiger partial charge in [-0.25, -0.2) is 9.78 Å². The van der Waals surface area contributed by atoms with Crippen LogP contribution >= 0.6 is 0 Å². The molecule has 1 aromatic rings. The molecule has 4 nitrogen and oxygen atoms in total. The van der Waals surface area contributed by atoms with E-state index in [1.807, 2.05) is 0 Å². The molecule has 88 valence electrons. The van der Waals surface area contributed by atoms with E-state index in [0.29, 0.717) is 0 Å². The Morgan fingerprint density at radius 1 is 1.56 bits per heavy atom. The number of pyridine rings is 1. The highest BCUT2D eigenvalue weighted by Crippen LogP contribution is 2.33. The number of hydrogen-bond donors (Lipinski definition) is 1. The normalized spacial score (nSPS) is 11.2. The van der Waals surface area contributed by atoms with E-state index in [4.69, 9.17) is 5.73 Å². The predicted molar refractivity (Wildman–Crippen MR) is 49.6 cm³/mol. The Morgan fingerprint density at radius 2 is 2.19 bits per heavy atom. The van der Waals surface area contributed by atoms with Crippen LogP contribution in [0.25, 0.3) is 0 Å². The Bertz CT molecular complexity index is 404. The summed E-state index contributed by atoms with van der Waals surface area (Å²) in [7, 11) is 0. The number of hydrogen-bond acceptors (Lipinski definition) is 4. The zero-order valence-electron chi connectivity index (χ0n) is 8.34. The molecule has 1 aromatic heterocycles. The molecule has 0 unspecified atom stereocenters. The van der Waals surface area contributed by atoms with Crippen LogP contribution in [-0.2, 0) is 10.9 Å². The van der Waals surface area contributed by atoms with Gasteiger partial charge in [-0.2, -0.15) is 13.2 Å². The van der Waals surface area contributed by atoms with Crippen molar-refractivity contribution in [3.63, 3.8) is 0 Å². The largest absolute Gasteiger partial charge is 0.462 e. The minimum Gasteiger partial charge on any atom is -0.462 e. The van der Waals surface area contributed by atoms with Crippen LogP contribution in [0.4, 0.5) is 18.9 Å². The van der Waals surface area contributed by atoms with Crippen molar-refractivity contribution in [3.05, 3.63) is 23.5 Å². The minimum atomic E-state index is -4.69. The number of nitrogens with two attached hydrogens (primary N) is 1. The fourth-order valence-corrected chi connectivity index (χ4v) is 1.09. The van der Waals surface area contributed by atoms with Crippen molar-refractivity contribution < 1.29 is 22.7 Å². The molecule has 1 rings (SSSR count). The van der Waals surface area contributed by atoms with Crippen molar-refractivity contribution in [1.82, 2.24) is 4.98 Å². The summed E-state index contributed by atoms with van der Waals surface area (Å²) < 4.78 is 41.7. The lowest BCUT2D eigenvalue weighted by atomic mass is 10.1. The summed E-state index contributed by atoms with van der Waals surface area (Å²) >= 11 is 0. The number of carbonyl (C=O) groups is 1. The van der Waals surface area contributed by atoms with Gasteiger partial charge in [-0.3, -0.25) is 0 Å². The van der Waals surface area contributed by atoms with Crippen LogP contribution < -0.4 is 5.73 Å². The first kappa shape index (κ1) is 12.3. The predicted octanol–water partition coefficient (Wildman–Crippen LogP) is 1.86. The summed E-state index contributed by atoms with van der Waals surface area (Å²) in [5, 5.41) is 0. The highest BCUT2D eigenvalue weighted by Gasteiger charge is 2.36. The van der Waals surface area contributed by atoms with Crippen LogP contribution in [0.1, 0.15) is 23.0 Å². The van der Waals surface area contributed by atoms with Crippen LogP contribution in [-0.4, -0.2) is 17.6 Å². The molecule has 0 saturated carbocycles. The monoisotopic (exact) mass is 234 g/mol. The molecular formula is C9H9F3N2O2. The maximum atomic E-state index is 12.4. The zero-order valence-corrected chi connectivity index (χ0v) is 8.34. The fourth-order valence-electron chi connectivity index (χ4n) is 1.09. The number of carbonyl (C=O) groups excluding carboxylic acids is 1. The molecule has 0 amide bonds. The number of ether oxygens (including phenoxy) is 1. The molecule has 0 aliphatic heterocycles. The van der Waals surface area contributed by atoms with Gasteiger partial charge in [0.1, 0.15) is 0 Å². The van der Waals surface area contributed by atoms with Crippen LogP contribution in [0.3, 0.4) is 0 Å². The first-order chi connectivity index (χ1) is 7.38. The maximum absolute atomic E-state index is 12.4. The average molecular weight is 234 g/mol. The summed E-state index contributed by atoms with van der Waals surface area (Å²) in [5.74, 6) is -0.895. The second kappa shape index (κ2) is 4.38. The van der Waals surface area contributed by atoms with Crippen molar-refractivity contribution in [2.75, 3.05) is 12.3 Å². The number of esters is 1. The summed E-state index contributed by atoms with van der Waals surface area (Å²) in [6.45, 7) is 1.60. The Balaban J connectivity index is 3.19. The van der Waals surface area contributed by atoms with Gasteiger partial charge in [0.25, 0.3) is 0 Å². The molecule has 0 saturated heterocycles. The van der Waals surface area contributed by atoms with E-state index in [9.17, 15) is 18.0 Å². The van der Waals surface area contributed by atoms with Crippen molar-refractivity contribution in [3.8, 4) is 0 Å². The molecule has 0 spiro atoms. The molecule has 16 heavy (non-hydrogen) atoms. The third kappa shape index (κ3) is 2.41. The van der Waals surface area contributed by atoms with E-state index in [1.54, 1.807) is 6.92 Å². The fraction of sp³-hybridized carbons (Fsp3) is 0.333. The molecule has 0 atom stereocenters. The summed E-state index contributed by atoms with van der Waals surface area (Å²) in [5.41, 5.74) is 2.89. The van der Waals surface area contributed by atoms with Gasteiger partial charge in [-0.1, -0.05) is 0 Å². The molecule has 0 aromatic carbocycles. The standard InChI is InChI=1S/C9H9F3N2O2/c1-2-16-8(15)5-3-4-14-7(6(5)13)9(10,11)12/h3-4H,2,13H2,1H3. The van der Waals surface area contributed by atoms with Crippen molar-refractivity contribution >= 4 is 11.7 Å². The average Bonchev–Trinajstić information content (AvgIpc) is 2.16. The number of anilines is 1. The summed E-state index contributed by atoms with van der Waals surface area (Å²) in [4.78, 5) is 14.3. The van der Waals surface area contributed by atoms with E-state index in [0.717, 1.165) is 12.3 Å². The quantitative estimate of drug-likeness (QED) is 0.793. The third-order valence-corrected chi connectivity index (χ3v) is 1.75. The number of rotatable bonds is 2. The zero-order chi connectivity index (χ0) is 12.3. The highest BCUT2D eigenvalue weighted by molar-refractivity contribution is 5.95. The highest BCUT2D eigenvalue weighted by atomic mass is 19.4. The topological polar surface area (TPSA) is 65.2 Å². The Morgan fingerprint density at radius 3 is 2.69 bits per heavy atom. The lowest BCUT2D eigenvalue weighted by molar-refractivity contribution is -0.140. The van der Waals surface area contributed by atoms with E-state index >= 15 is 0 Å². The van der Waals surface area contributed by atoms with Gasteiger partial charge in [0.05, 0.1) is 17.9 Å². The van der Waals surface area contributed by atoms with Crippen LogP contribution in [0.2, 0.25) is 0 Å². The van der Waals surface area contributed by atoms with E-state index in [-0.39, 0.29) is 12.2 Å². The van der Waals surface area contributed by atoms with Gasteiger partial charge in [0.2, 0.25) is 0 Å². The van der Waals surface area contributed by atoms with Gasteiger partial charge in [-0.15, -0.1) is 0 Å². The lowest BCUT2D eigenvalue weighted by Gasteiger charge is -2.11. The van der Waals surface area contributed by atoms with Gasteiger partial charge in [0.15, 0.2) is 5.69 Å². The molecule has 0 aliphatic carbocycles. The number of aromatic nitrogens is 1. The van der Waals surface area contributed by atoms with E-state index in [2.05, 4.69) is 9.72 Å². The minimum absolute atomic E-state index is 0.0575. The van der Waals surface area contributed by atoms with Crippen molar-refractivity contribution in [1.29, 1.82) is 0 Å². The number of nitrogen functional groups attached to an aromatic ring is 1. The van der Waals surface area contributed by atoms with E-state index in [1.165, 1.54) is 0 Å². The van der Waals surface area contributed by atoms with Crippen LogP contribution in [0.5, 0.6) is 0 Å². The summed E-state index contributed by atoms with van der Waals surface area (Å²) in [6.07, 6.45) is -3.82. The first-order valence-corrected chi connectivity index (χ1v) is 4.36. The number of halogens is 3. The van der Waals surface area contributed by atoms with E-state index < -0.39 is 23.5 Å². The van der Waals surface area contributed by atoms with Crippen LogP contribution in [0.15, 0.2) is 12.3 Å². The molecule has 2 N–H and O–H groups in total. The first-order valence-electron chi connectivity index (χ1n) is 4.36. The molecule has 0 aliphatic rings. The SMILES string of the molecule is CCOC(=O)c1ccnc(C(F)(F)F)c1N. The number of nitrogens with zero attached hydrogens (tertiary/aromatic N) is 1. The van der Waals surface area contributed by atoms with Crippen molar-refractivity contribution in [2.24, 2.45) is 0 Å². The Kier molecular flexibility index (Phi) is 3.36. The molecular weight excluding hydrogens is 225 g/mol. The van der Waals surface area contributed by atoms with Gasteiger partial charge < -0.3 is 10.5 Å². The Labute approximate surface area is 89.2 Å². The maximum Gasteiger partial charge on any atom is 0.435 e. The molecule has 0 fully saturated rings. The molecule has 1 heterocycles. The third-order valence-electron chi connectivity index (χ3n) is 1.75. The smallest absolute Gasteiger partial charge is 0.435 e. The Hall–Kier alpha value is -1.79. The van der Waals surface area contributed by atoms with Gasteiger partial charge >= 0.3 is 12.1 Å². The van der Waals surface area contributed by atoms with Crippen LogP contribution in [0, 0.1) is 0 Å². The van der Waals surface area contributed by atoms with Gasteiger partial charge in [-0.05, 0) is 13.0 Å². The number of alkyl halides is 3. The van der Waals surface area contributed by atoms with Crippen molar-refractivity contribution in [2.45, 2.75) is 13.1 Å². The molecule has 0 radical (unpaired) electrons. The lowest BCUT2D eigenvalue weighted by Crippen LogP contribution is -2.16. The second-order valence-electron chi connectivity index (χ2n) is 2.84. The second-order valence-corrected chi connectivity index (χ2v) is 2.84. The molecule has 0 bridgehead atoms. The molecule has 7 heteroatoms.